The number of methoxy groups -OCH3 is 1. The van der Waals surface area contributed by atoms with Crippen molar-refractivity contribution in [2.24, 2.45) is 0 Å². The number of ether oxygens (including phenoxy) is 1. The molecule has 0 radical (unpaired) electrons. The van der Waals surface area contributed by atoms with Crippen LogP contribution in [0, 0.1) is 5.82 Å². The van der Waals surface area contributed by atoms with Crippen LogP contribution in [0.4, 0.5) is 10.1 Å². The highest BCUT2D eigenvalue weighted by atomic mass is 35.5. The van der Waals surface area contributed by atoms with Crippen molar-refractivity contribution >= 4 is 17.3 Å². The largest absolute Gasteiger partial charge is 0.507 e. The summed E-state index contributed by atoms with van der Waals surface area (Å²) in [5.41, 5.74) is 1.41. The molecule has 0 aromatic heterocycles. The fraction of sp³-hybridized carbons (Fsp3) is 0.200. The monoisotopic (exact) mass is 295 g/mol. The van der Waals surface area contributed by atoms with Crippen LogP contribution in [-0.2, 0) is 0 Å². The Balaban J connectivity index is 2.21. The lowest BCUT2D eigenvalue weighted by Crippen LogP contribution is -2.07. The summed E-state index contributed by atoms with van der Waals surface area (Å²) >= 11 is 5.96. The predicted molar refractivity (Wildman–Crippen MR) is 78.1 cm³/mol. The smallest absolute Gasteiger partial charge is 0.139 e. The van der Waals surface area contributed by atoms with E-state index in [9.17, 15) is 9.50 Å². The van der Waals surface area contributed by atoms with E-state index in [1.807, 2.05) is 13.0 Å². The maximum atomic E-state index is 13.0. The molecule has 0 aliphatic rings. The highest BCUT2D eigenvalue weighted by Crippen LogP contribution is 2.31. The minimum absolute atomic E-state index is 0.0778. The second-order valence-electron chi connectivity index (χ2n) is 4.42. The van der Waals surface area contributed by atoms with Gasteiger partial charge in [0, 0.05) is 23.4 Å². The fourth-order valence-corrected chi connectivity index (χ4v) is 2.16. The van der Waals surface area contributed by atoms with E-state index in [0.717, 1.165) is 11.8 Å². The van der Waals surface area contributed by atoms with Crippen molar-refractivity contribution in [1.82, 2.24) is 0 Å². The summed E-state index contributed by atoms with van der Waals surface area (Å²) in [5, 5.41) is 13.5. The van der Waals surface area contributed by atoms with Gasteiger partial charge >= 0.3 is 0 Å². The zero-order valence-electron chi connectivity index (χ0n) is 11.2. The second kappa shape index (κ2) is 6.01. The summed E-state index contributed by atoms with van der Waals surface area (Å²) in [5.74, 6) is 0.0183. The molecule has 2 N–H and O–H groups in total. The van der Waals surface area contributed by atoms with Crippen molar-refractivity contribution in [3.05, 3.63) is 52.8 Å². The summed E-state index contributed by atoms with van der Waals surface area (Å²) in [7, 11) is 1.54. The first-order valence-electron chi connectivity index (χ1n) is 6.09. The number of phenolic OH excluding ortho intramolecular Hbond substituents is 1. The van der Waals surface area contributed by atoms with Gasteiger partial charge in [0.2, 0.25) is 0 Å². The number of anilines is 1. The minimum Gasteiger partial charge on any atom is -0.507 e. The molecule has 0 aliphatic heterocycles. The summed E-state index contributed by atoms with van der Waals surface area (Å²) < 4.78 is 18.1. The molecule has 106 valence electrons. The zero-order chi connectivity index (χ0) is 14.7. The van der Waals surface area contributed by atoms with E-state index < -0.39 is 5.82 Å². The van der Waals surface area contributed by atoms with Crippen LogP contribution in [0.2, 0.25) is 5.02 Å². The molecule has 0 bridgehead atoms. The van der Waals surface area contributed by atoms with E-state index in [-0.39, 0.29) is 11.8 Å². The molecule has 0 fully saturated rings. The first kappa shape index (κ1) is 14.5. The third-order valence-electron chi connectivity index (χ3n) is 2.99. The molecule has 20 heavy (non-hydrogen) atoms. The maximum Gasteiger partial charge on any atom is 0.139 e. The molecule has 1 unspecified atom stereocenters. The van der Waals surface area contributed by atoms with Crippen LogP contribution in [0.5, 0.6) is 11.5 Å². The van der Waals surface area contributed by atoms with Gasteiger partial charge in [-0.1, -0.05) is 17.7 Å². The van der Waals surface area contributed by atoms with Gasteiger partial charge in [-0.05, 0) is 25.1 Å². The Morgan fingerprint density at radius 3 is 2.65 bits per heavy atom. The molecule has 0 spiro atoms. The lowest BCUT2D eigenvalue weighted by atomic mass is 10.1. The van der Waals surface area contributed by atoms with E-state index in [4.69, 9.17) is 16.3 Å². The van der Waals surface area contributed by atoms with E-state index in [0.29, 0.717) is 16.3 Å². The topological polar surface area (TPSA) is 41.5 Å². The van der Waals surface area contributed by atoms with Crippen LogP contribution in [0.25, 0.3) is 0 Å². The van der Waals surface area contributed by atoms with Crippen LogP contribution in [0.3, 0.4) is 0 Å². The number of benzene rings is 2. The average Bonchev–Trinajstić information content (AvgIpc) is 2.40. The Morgan fingerprint density at radius 1 is 1.25 bits per heavy atom. The molecule has 2 aromatic carbocycles. The number of halogens is 2. The summed E-state index contributed by atoms with van der Waals surface area (Å²) in [6, 6.07) is 9.06. The third kappa shape index (κ3) is 3.14. The van der Waals surface area contributed by atoms with Gasteiger partial charge in [0.05, 0.1) is 18.2 Å². The molecular weight excluding hydrogens is 281 g/mol. The van der Waals surface area contributed by atoms with Gasteiger partial charge in [-0.25, -0.2) is 4.39 Å². The molecule has 3 nitrogen and oxygen atoms in total. The number of aromatic hydroxyl groups is 1. The third-order valence-corrected chi connectivity index (χ3v) is 3.31. The molecule has 0 heterocycles. The minimum atomic E-state index is -0.466. The van der Waals surface area contributed by atoms with Crippen LogP contribution in [0.15, 0.2) is 36.4 Å². The molecule has 2 aromatic rings. The maximum absolute atomic E-state index is 13.0. The normalized spacial score (nSPS) is 12.0. The number of rotatable bonds is 4. The molecule has 0 aliphatic carbocycles. The molecule has 0 saturated carbocycles. The van der Waals surface area contributed by atoms with Gasteiger partial charge in [-0.15, -0.1) is 0 Å². The van der Waals surface area contributed by atoms with Gasteiger partial charge in [0.1, 0.15) is 17.3 Å². The van der Waals surface area contributed by atoms with E-state index in [1.165, 1.54) is 6.07 Å². The number of hydrogen-bond acceptors (Lipinski definition) is 3. The van der Waals surface area contributed by atoms with Crippen molar-refractivity contribution < 1.29 is 14.2 Å². The fourth-order valence-electron chi connectivity index (χ4n) is 1.96. The van der Waals surface area contributed by atoms with Crippen molar-refractivity contribution in [3.8, 4) is 11.5 Å². The number of phenols is 1. The SMILES string of the molecule is COc1cc(NC(C)c2ccc(F)cc2O)ccc1Cl. The average molecular weight is 296 g/mol. The summed E-state index contributed by atoms with van der Waals surface area (Å²) in [6.45, 7) is 1.87. The Kier molecular flexibility index (Phi) is 4.35. The van der Waals surface area contributed by atoms with Crippen LogP contribution in [-0.4, -0.2) is 12.2 Å². The molecule has 5 heteroatoms. The Morgan fingerprint density at radius 2 is 2.00 bits per heavy atom. The quantitative estimate of drug-likeness (QED) is 0.880. The van der Waals surface area contributed by atoms with Crippen LogP contribution < -0.4 is 10.1 Å². The predicted octanol–water partition coefficient (Wildman–Crippen LogP) is 4.37. The highest BCUT2D eigenvalue weighted by molar-refractivity contribution is 6.32. The zero-order valence-corrected chi connectivity index (χ0v) is 11.9. The standard InChI is InChI=1S/C15H15ClFNO2/c1-9(12-5-3-10(17)7-14(12)19)18-11-4-6-13(16)15(8-11)20-2/h3-9,18-19H,1-2H3. The van der Waals surface area contributed by atoms with Crippen molar-refractivity contribution in [2.75, 3.05) is 12.4 Å². The van der Waals surface area contributed by atoms with Gasteiger partial charge in [0.15, 0.2) is 0 Å². The first-order valence-corrected chi connectivity index (χ1v) is 6.47. The van der Waals surface area contributed by atoms with Crippen molar-refractivity contribution in [1.29, 1.82) is 0 Å². The Bertz CT molecular complexity index is 619. The van der Waals surface area contributed by atoms with Gasteiger partial charge in [-0.3, -0.25) is 0 Å². The molecular formula is C15H15ClFNO2. The number of nitrogens with one attached hydrogen (secondary N) is 1. The Labute approximate surface area is 122 Å². The van der Waals surface area contributed by atoms with E-state index in [1.54, 1.807) is 25.3 Å². The lowest BCUT2D eigenvalue weighted by Gasteiger charge is -2.17. The Hall–Kier alpha value is -1.94. The van der Waals surface area contributed by atoms with E-state index in [2.05, 4.69) is 5.32 Å². The lowest BCUT2D eigenvalue weighted by molar-refractivity contribution is 0.415. The molecule has 2 rings (SSSR count). The van der Waals surface area contributed by atoms with Gasteiger partial charge < -0.3 is 15.2 Å². The van der Waals surface area contributed by atoms with E-state index >= 15 is 0 Å². The first-order chi connectivity index (χ1) is 9.51. The van der Waals surface area contributed by atoms with Gasteiger partial charge in [-0.2, -0.15) is 0 Å². The molecule has 0 saturated heterocycles. The van der Waals surface area contributed by atoms with Crippen LogP contribution in [0.1, 0.15) is 18.5 Å². The van der Waals surface area contributed by atoms with Gasteiger partial charge in [0.25, 0.3) is 0 Å². The molecule has 0 amide bonds. The number of hydrogen-bond donors (Lipinski definition) is 2. The van der Waals surface area contributed by atoms with Crippen LogP contribution >= 0.6 is 11.6 Å². The highest BCUT2D eigenvalue weighted by Gasteiger charge is 2.12. The van der Waals surface area contributed by atoms with Crippen molar-refractivity contribution in [3.63, 3.8) is 0 Å². The summed E-state index contributed by atoms with van der Waals surface area (Å²) in [6.07, 6.45) is 0. The summed E-state index contributed by atoms with van der Waals surface area (Å²) in [4.78, 5) is 0. The molecule has 1 atom stereocenters. The van der Waals surface area contributed by atoms with Crippen molar-refractivity contribution in [2.45, 2.75) is 13.0 Å². The second-order valence-corrected chi connectivity index (χ2v) is 4.83.